The van der Waals surface area contributed by atoms with Gasteiger partial charge in [-0.1, -0.05) is 0 Å². The van der Waals surface area contributed by atoms with Crippen LogP contribution in [0.3, 0.4) is 0 Å². The lowest BCUT2D eigenvalue weighted by atomic mass is 10.2. The topological polar surface area (TPSA) is 48.0 Å². The van der Waals surface area contributed by atoms with Crippen LogP contribution in [0.1, 0.15) is 20.8 Å². The van der Waals surface area contributed by atoms with Crippen molar-refractivity contribution < 1.29 is 19.1 Å². The Morgan fingerprint density at radius 3 is 2.36 bits per heavy atom. The van der Waals surface area contributed by atoms with Gasteiger partial charge in [-0.05, 0) is 20.8 Å². The van der Waals surface area contributed by atoms with E-state index in [0.717, 1.165) is 5.06 Å². The summed E-state index contributed by atoms with van der Waals surface area (Å²) in [5.41, 5.74) is 0. The number of rotatable bonds is 2. The number of hydrogen-bond donors (Lipinski definition) is 0. The van der Waals surface area contributed by atoms with Gasteiger partial charge < -0.3 is 9.47 Å². The standard InChI is InChI=1S/C9H17NO4/c1-6-7(8(11)10(4)12-5)14-9(2,3)13-6/h6-7H,1-5H3/t6-,7+/m0/s1. The molecule has 1 rings (SSSR count). The van der Waals surface area contributed by atoms with Gasteiger partial charge in [0.15, 0.2) is 11.9 Å². The quantitative estimate of drug-likeness (QED) is 0.615. The van der Waals surface area contributed by atoms with Crippen molar-refractivity contribution >= 4 is 5.91 Å². The highest BCUT2D eigenvalue weighted by Gasteiger charge is 2.43. The molecular weight excluding hydrogens is 186 g/mol. The Labute approximate surface area is 83.9 Å². The van der Waals surface area contributed by atoms with E-state index in [1.807, 2.05) is 0 Å². The zero-order chi connectivity index (χ0) is 10.9. The van der Waals surface area contributed by atoms with E-state index in [2.05, 4.69) is 0 Å². The lowest BCUT2D eigenvalue weighted by Crippen LogP contribution is -2.40. The van der Waals surface area contributed by atoms with E-state index >= 15 is 0 Å². The molecule has 5 heteroatoms. The van der Waals surface area contributed by atoms with E-state index in [0.29, 0.717) is 0 Å². The third kappa shape index (κ3) is 2.23. The third-order valence-electron chi connectivity index (χ3n) is 2.13. The molecule has 1 fully saturated rings. The lowest BCUT2D eigenvalue weighted by molar-refractivity contribution is -0.187. The van der Waals surface area contributed by atoms with Crippen LogP contribution in [0.15, 0.2) is 0 Å². The summed E-state index contributed by atoms with van der Waals surface area (Å²) >= 11 is 0. The molecule has 0 aromatic carbocycles. The minimum atomic E-state index is -0.700. The summed E-state index contributed by atoms with van der Waals surface area (Å²) < 4.78 is 10.9. The van der Waals surface area contributed by atoms with Crippen molar-refractivity contribution in [1.29, 1.82) is 0 Å². The minimum Gasteiger partial charge on any atom is -0.344 e. The second-order valence-corrected chi connectivity index (χ2v) is 3.78. The summed E-state index contributed by atoms with van der Waals surface area (Å²) in [6.07, 6.45) is -0.843. The molecule has 0 spiro atoms. The first-order chi connectivity index (χ1) is 6.37. The molecule has 1 heterocycles. The second-order valence-electron chi connectivity index (χ2n) is 3.78. The highest BCUT2D eigenvalue weighted by atomic mass is 16.8. The van der Waals surface area contributed by atoms with Crippen LogP contribution in [-0.2, 0) is 19.1 Å². The van der Waals surface area contributed by atoms with Gasteiger partial charge >= 0.3 is 0 Å². The molecule has 2 atom stereocenters. The van der Waals surface area contributed by atoms with Crippen molar-refractivity contribution in [3.63, 3.8) is 0 Å². The number of hydrogen-bond acceptors (Lipinski definition) is 4. The fourth-order valence-electron chi connectivity index (χ4n) is 1.46. The number of carbonyl (C=O) groups excluding carboxylic acids is 1. The average molecular weight is 203 g/mol. The van der Waals surface area contributed by atoms with Gasteiger partial charge in [0.25, 0.3) is 5.91 Å². The highest BCUT2D eigenvalue weighted by molar-refractivity contribution is 5.80. The molecule has 0 aromatic heterocycles. The maximum atomic E-state index is 11.7. The predicted molar refractivity (Wildman–Crippen MR) is 49.3 cm³/mol. The number of nitrogens with zero attached hydrogens (tertiary/aromatic N) is 1. The molecule has 1 aliphatic rings. The zero-order valence-electron chi connectivity index (χ0n) is 9.23. The predicted octanol–water partition coefficient (Wildman–Crippen LogP) is 0.546. The molecule has 0 bridgehead atoms. The monoisotopic (exact) mass is 203 g/mol. The molecule has 1 amide bonds. The first-order valence-corrected chi connectivity index (χ1v) is 4.54. The Bertz CT molecular complexity index is 229. The van der Waals surface area contributed by atoms with Crippen LogP contribution in [0.4, 0.5) is 0 Å². The van der Waals surface area contributed by atoms with Crippen molar-refractivity contribution in [3.05, 3.63) is 0 Å². The third-order valence-corrected chi connectivity index (χ3v) is 2.13. The largest absolute Gasteiger partial charge is 0.344 e. The van der Waals surface area contributed by atoms with E-state index in [-0.39, 0.29) is 12.0 Å². The molecule has 0 saturated carbocycles. The van der Waals surface area contributed by atoms with Gasteiger partial charge in [-0.15, -0.1) is 0 Å². The van der Waals surface area contributed by atoms with Gasteiger partial charge in [0.1, 0.15) is 0 Å². The lowest BCUT2D eigenvalue weighted by Gasteiger charge is -2.20. The molecule has 0 radical (unpaired) electrons. The first kappa shape index (κ1) is 11.4. The smallest absolute Gasteiger partial charge is 0.277 e. The van der Waals surface area contributed by atoms with E-state index < -0.39 is 11.9 Å². The van der Waals surface area contributed by atoms with Crippen LogP contribution in [0.2, 0.25) is 0 Å². The Morgan fingerprint density at radius 1 is 1.43 bits per heavy atom. The van der Waals surface area contributed by atoms with Crippen molar-refractivity contribution in [2.24, 2.45) is 0 Å². The number of amides is 1. The van der Waals surface area contributed by atoms with Gasteiger partial charge in [-0.2, -0.15) is 0 Å². The molecule has 1 aliphatic heterocycles. The fourth-order valence-corrected chi connectivity index (χ4v) is 1.46. The summed E-state index contributed by atoms with van der Waals surface area (Å²) in [4.78, 5) is 16.5. The molecule has 82 valence electrons. The van der Waals surface area contributed by atoms with Gasteiger partial charge in [0.05, 0.1) is 13.2 Å². The van der Waals surface area contributed by atoms with Crippen LogP contribution in [0.25, 0.3) is 0 Å². The Hall–Kier alpha value is -0.650. The Kier molecular flexibility index (Phi) is 3.14. The first-order valence-electron chi connectivity index (χ1n) is 4.54. The summed E-state index contributed by atoms with van der Waals surface area (Å²) in [6, 6.07) is 0. The SMILES string of the molecule is CON(C)C(=O)[C@@H]1OC(C)(C)O[C@H]1C. The maximum Gasteiger partial charge on any atom is 0.277 e. The van der Waals surface area contributed by atoms with Crippen LogP contribution in [0, 0.1) is 0 Å². The van der Waals surface area contributed by atoms with E-state index in [1.165, 1.54) is 7.11 Å². The molecule has 14 heavy (non-hydrogen) atoms. The van der Waals surface area contributed by atoms with Crippen molar-refractivity contribution in [2.75, 3.05) is 14.2 Å². The summed E-state index contributed by atoms with van der Waals surface area (Å²) in [5.74, 6) is -0.931. The molecular formula is C9H17NO4. The van der Waals surface area contributed by atoms with E-state index in [1.54, 1.807) is 27.8 Å². The summed E-state index contributed by atoms with van der Waals surface area (Å²) in [7, 11) is 2.98. The van der Waals surface area contributed by atoms with Crippen molar-refractivity contribution in [1.82, 2.24) is 5.06 Å². The number of carbonyl (C=O) groups is 1. The fraction of sp³-hybridized carbons (Fsp3) is 0.889. The zero-order valence-corrected chi connectivity index (χ0v) is 9.23. The second kappa shape index (κ2) is 3.84. The normalized spacial score (nSPS) is 30.4. The van der Waals surface area contributed by atoms with Gasteiger partial charge in [-0.25, -0.2) is 5.06 Å². The maximum absolute atomic E-state index is 11.7. The minimum absolute atomic E-state index is 0.231. The van der Waals surface area contributed by atoms with Gasteiger partial charge in [0, 0.05) is 7.05 Å². The van der Waals surface area contributed by atoms with Crippen molar-refractivity contribution in [3.8, 4) is 0 Å². The number of ether oxygens (including phenoxy) is 2. The highest BCUT2D eigenvalue weighted by Crippen LogP contribution is 2.28. The number of hydroxylamine groups is 2. The molecule has 1 saturated heterocycles. The van der Waals surface area contributed by atoms with Crippen LogP contribution in [0.5, 0.6) is 0 Å². The molecule has 0 aliphatic carbocycles. The van der Waals surface area contributed by atoms with E-state index in [4.69, 9.17) is 14.3 Å². The molecule has 0 aromatic rings. The Morgan fingerprint density at radius 2 is 2.00 bits per heavy atom. The van der Waals surface area contributed by atoms with Crippen LogP contribution < -0.4 is 0 Å². The molecule has 0 unspecified atom stereocenters. The molecule has 0 N–H and O–H groups in total. The summed E-state index contributed by atoms with van der Waals surface area (Å²) in [6.45, 7) is 5.37. The van der Waals surface area contributed by atoms with Gasteiger partial charge in [-0.3, -0.25) is 9.63 Å². The van der Waals surface area contributed by atoms with Crippen molar-refractivity contribution in [2.45, 2.75) is 38.8 Å². The summed E-state index contributed by atoms with van der Waals surface area (Å²) in [5, 5.41) is 1.14. The molecule has 5 nitrogen and oxygen atoms in total. The average Bonchev–Trinajstić information content (AvgIpc) is 2.37. The Balaban J connectivity index is 2.66. The van der Waals surface area contributed by atoms with Gasteiger partial charge in [0.2, 0.25) is 0 Å². The van der Waals surface area contributed by atoms with Crippen LogP contribution in [-0.4, -0.2) is 43.1 Å². The van der Waals surface area contributed by atoms with Crippen LogP contribution >= 0.6 is 0 Å². The number of likely N-dealkylation sites (N-methyl/N-ethyl adjacent to an activating group) is 1. The van der Waals surface area contributed by atoms with E-state index in [9.17, 15) is 4.79 Å².